The molecule has 1 aliphatic heterocycles. The van der Waals surface area contributed by atoms with Gasteiger partial charge in [-0.3, -0.25) is 4.79 Å². The zero-order chi connectivity index (χ0) is 11.8. The average Bonchev–Trinajstić information content (AvgIpc) is 2.30. The molecular formula is C12H22BrNO2. The summed E-state index contributed by atoms with van der Waals surface area (Å²) in [7, 11) is 0. The first kappa shape index (κ1) is 14.0. The number of rotatable bonds is 6. The van der Waals surface area contributed by atoms with Gasteiger partial charge in [-0.2, -0.15) is 0 Å². The Morgan fingerprint density at radius 1 is 1.38 bits per heavy atom. The summed E-state index contributed by atoms with van der Waals surface area (Å²) in [6, 6.07) is 0. The lowest BCUT2D eigenvalue weighted by atomic mass is 10.1. The summed E-state index contributed by atoms with van der Waals surface area (Å²) in [4.78, 5) is 13.8. The third-order valence-electron chi connectivity index (χ3n) is 2.97. The molecule has 94 valence electrons. The van der Waals surface area contributed by atoms with E-state index in [1.807, 2.05) is 11.8 Å². The Morgan fingerprint density at radius 2 is 2.06 bits per heavy atom. The molecule has 1 rings (SSSR count). The van der Waals surface area contributed by atoms with Gasteiger partial charge in [0, 0.05) is 31.4 Å². The lowest BCUT2D eigenvalue weighted by Crippen LogP contribution is -2.40. The highest BCUT2D eigenvalue weighted by atomic mass is 79.9. The second kappa shape index (κ2) is 8.07. The molecule has 1 heterocycles. The smallest absolute Gasteiger partial charge is 0.222 e. The van der Waals surface area contributed by atoms with Crippen molar-refractivity contribution in [2.45, 2.75) is 45.1 Å². The van der Waals surface area contributed by atoms with Crippen LogP contribution < -0.4 is 0 Å². The van der Waals surface area contributed by atoms with Gasteiger partial charge in [-0.1, -0.05) is 15.9 Å². The van der Waals surface area contributed by atoms with Crippen molar-refractivity contribution >= 4 is 21.8 Å². The largest absolute Gasteiger partial charge is 0.378 e. The highest BCUT2D eigenvalue weighted by Gasteiger charge is 2.22. The van der Waals surface area contributed by atoms with Gasteiger partial charge in [-0.05, 0) is 32.6 Å². The number of likely N-dealkylation sites (tertiary alicyclic amines) is 1. The molecule has 1 aliphatic rings. The maximum absolute atomic E-state index is 11.8. The number of piperidine rings is 1. The molecule has 0 spiro atoms. The van der Waals surface area contributed by atoms with Crippen molar-refractivity contribution in [3.8, 4) is 0 Å². The summed E-state index contributed by atoms with van der Waals surface area (Å²) in [6.07, 6.45) is 5.15. The minimum atomic E-state index is 0.316. The van der Waals surface area contributed by atoms with Gasteiger partial charge in [-0.25, -0.2) is 0 Å². The van der Waals surface area contributed by atoms with E-state index in [-0.39, 0.29) is 0 Å². The van der Waals surface area contributed by atoms with Crippen molar-refractivity contribution in [3.05, 3.63) is 0 Å². The predicted octanol–water partition coefficient (Wildman–Crippen LogP) is 2.58. The Hall–Kier alpha value is -0.0900. The van der Waals surface area contributed by atoms with Gasteiger partial charge in [0.2, 0.25) is 5.91 Å². The number of alkyl halides is 1. The lowest BCUT2D eigenvalue weighted by molar-refractivity contribution is -0.133. The lowest BCUT2D eigenvalue weighted by Gasteiger charge is -2.31. The van der Waals surface area contributed by atoms with E-state index in [2.05, 4.69) is 15.9 Å². The van der Waals surface area contributed by atoms with Crippen LogP contribution in [0.4, 0.5) is 0 Å². The molecule has 0 N–H and O–H groups in total. The van der Waals surface area contributed by atoms with Gasteiger partial charge in [0.25, 0.3) is 0 Å². The zero-order valence-corrected chi connectivity index (χ0v) is 11.7. The number of amides is 1. The first-order chi connectivity index (χ1) is 7.77. The minimum absolute atomic E-state index is 0.316. The normalized spacial score (nSPS) is 17.8. The third kappa shape index (κ3) is 4.83. The maximum Gasteiger partial charge on any atom is 0.222 e. The number of hydrogen-bond acceptors (Lipinski definition) is 2. The van der Waals surface area contributed by atoms with Crippen LogP contribution in [0.1, 0.15) is 39.0 Å². The summed E-state index contributed by atoms with van der Waals surface area (Å²) in [6.45, 7) is 4.55. The second-order valence-corrected chi connectivity index (χ2v) is 4.97. The van der Waals surface area contributed by atoms with Crippen LogP contribution in [0, 0.1) is 0 Å². The molecular weight excluding hydrogens is 270 g/mol. The van der Waals surface area contributed by atoms with Crippen LogP contribution in [-0.2, 0) is 9.53 Å². The standard InChI is InChI=1S/C12H22BrNO2/c1-2-16-11-6-9-14(10-7-11)12(15)5-3-4-8-13/h11H,2-10H2,1H3. The van der Waals surface area contributed by atoms with E-state index in [1.54, 1.807) is 0 Å². The van der Waals surface area contributed by atoms with E-state index in [0.717, 1.165) is 50.7 Å². The van der Waals surface area contributed by atoms with Crippen molar-refractivity contribution in [2.24, 2.45) is 0 Å². The zero-order valence-electron chi connectivity index (χ0n) is 10.1. The number of carbonyl (C=O) groups is 1. The molecule has 4 heteroatoms. The molecule has 0 aliphatic carbocycles. The SMILES string of the molecule is CCOC1CCN(C(=O)CCCCBr)CC1. The predicted molar refractivity (Wildman–Crippen MR) is 68.9 cm³/mol. The van der Waals surface area contributed by atoms with Gasteiger partial charge in [0.15, 0.2) is 0 Å². The molecule has 0 atom stereocenters. The Balaban J connectivity index is 2.17. The molecule has 0 radical (unpaired) electrons. The second-order valence-electron chi connectivity index (χ2n) is 4.18. The van der Waals surface area contributed by atoms with Crippen LogP contribution in [0.25, 0.3) is 0 Å². The molecule has 1 fully saturated rings. The van der Waals surface area contributed by atoms with Gasteiger partial charge in [-0.15, -0.1) is 0 Å². The van der Waals surface area contributed by atoms with Crippen molar-refractivity contribution in [1.29, 1.82) is 0 Å². The van der Waals surface area contributed by atoms with E-state index in [1.165, 1.54) is 0 Å². The fraction of sp³-hybridized carbons (Fsp3) is 0.917. The number of carbonyl (C=O) groups excluding carboxylic acids is 1. The summed E-state index contributed by atoms with van der Waals surface area (Å²) in [5.74, 6) is 0.316. The Bertz CT molecular complexity index is 203. The van der Waals surface area contributed by atoms with E-state index in [0.29, 0.717) is 18.4 Å². The quantitative estimate of drug-likeness (QED) is 0.556. The van der Waals surface area contributed by atoms with Crippen LogP contribution in [-0.4, -0.2) is 41.9 Å². The highest BCUT2D eigenvalue weighted by molar-refractivity contribution is 9.09. The molecule has 0 unspecified atom stereocenters. The van der Waals surface area contributed by atoms with Crippen LogP contribution in [0.15, 0.2) is 0 Å². The topological polar surface area (TPSA) is 29.5 Å². The summed E-state index contributed by atoms with van der Waals surface area (Å²) in [5, 5.41) is 0.993. The fourth-order valence-corrected chi connectivity index (χ4v) is 2.43. The first-order valence-electron chi connectivity index (χ1n) is 6.23. The van der Waals surface area contributed by atoms with Gasteiger partial charge >= 0.3 is 0 Å². The van der Waals surface area contributed by atoms with Crippen LogP contribution >= 0.6 is 15.9 Å². The summed E-state index contributed by atoms with van der Waals surface area (Å²) in [5.41, 5.74) is 0. The van der Waals surface area contributed by atoms with Crippen LogP contribution in [0.2, 0.25) is 0 Å². The van der Waals surface area contributed by atoms with Gasteiger partial charge in [0.05, 0.1) is 6.10 Å². The molecule has 0 saturated carbocycles. The first-order valence-corrected chi connectivity index (χ1v) is 7.35. The molecule has 0 aromatic heterocycles. The van der Waals surface area contributed by atoms with E-state index in [4.69, 9.17) is 4.74 Å². The van der Waals surface area contributed by atoms with Gasteiger partial charge in [0.1, 0.15) is 0 Å². The minimum Gasteiger partial charge on any atom is -0.378 e. The molecule has 1 saturated heterocycles. The van der Waals surface area contributed by atoms with Crippen molar-refractivity contribution in [3.63, 3.8) is 0 Å². The van der Waals surface area contributed by atoms with Crippen molar-refractivity contribution in [2.75, 3.05) is 25.0 Å². The van der Waals surface area contributed by atoms with Crippen LogP contribution in [0.5, 0.6) is 0 Å². The number of halogens is 1. The van der Waals surface area contributed by atoms with Crippen molar-refractivity contribution in [1.82, 2.24) is 4.90 Å². The van der Waals surface area contributed by atoms with E-state index < -0.39 is 0 Å². The number of ether oxygens (including phenoxy) is 1. The van der Waals surface area contributed by atoms with Crippen molar-refractivity contribution < 1.29 is 9.53 Å². The van der Waals surface area contributed by atoms with Gasteiger partial charge < -0.3 is 9.64 Å². The number of unbranched alkanes of at least 4 members (excludes halogenated alkanes) is 1. The Labute approximate surface area is 107 Å². The maximum atomic E-state index is 11.8. The Morgan fingerprint density at radius 3 is 2.62 bits per heavy atom. The molecule has 1 amide bonds. The van der Waals surface area contributed by atoms with Crippen LogP contribution in [0.3, 0.4) is 0 Å². The molecule has 3 nitrogen and oxygen atoms in total. The third-order valence-corrected chi connectivity index (χ3v) is 3.53. The Kier molecular flexibility index (Phi) is 7.05. The van der Waals surface area contributed by atoms with E-state index >= 15 is 0 Å². The average molecular weight is 292 g/mol. The summed E-state index contributed by atoms with van der Waals surface area (Å²) >= 11 is 3.38. The molecule has 0 bridgehead atoms. The van der Waals surface area contributed by atoms with E-state index in [9.17, 15) is 4.79 Å². The molecule has 0 aromatic rings. The molecule has 16 heavy (non-hydrogen) atoms. The highest BCUT2D eigenvalue weighted by Crippen LogP contribution is 2.15. The fourth-order valence-electron chi connectivity index (χ4n) is 2.04. The number of hydrogen-bond donors (Lipinski definition) is 0. The molecule has 0 aromatic carbocycles. The number of nitrogens with zero attached hydrogens (tertiary/aromatic N) is 1. The summed E-state index contributed by atoms with van der Waals surface area (Å²) < 4.78 is 5.57. The monoisotopic (exact) mass is 291 g/mol.